The van der Waals surface area contributed by atoms with Gasteiger partial charge >= 0.3 is 0 Å². The third-order valence-corrected chi connectivity index (χ3v) is 3.26. The number of nitrogens with zero attached hydrogens (tertiary/aromatic N) is 3. The summed E-state index contributed by atoms with van der Waals surface area (Å²) in [6.07, 6.45) is 9.02. The van der Waals surface area contributed by atoms with Gasteiger partial charge in [0.1, 0.15) is 12.7 Å². The first-order valence-electron chi connectivity index (χ1n) is 6.11. The van der Waals surface area contributed by atoms with Crippen LogP contribution in [0.25, 0.3) is 0 Å². The summed E-state index contributed by atoms with van der Waals surface area (Å²) < 4.78 is 7.81. The summed E-state index contributed by atoms with van der Waals surface area (Å²) in [6.45, 7) is 1.85. The Bertz CT molecular complexity index is 323. The van der Waals surface area contributed by atoms with Crippen LogP contribution in [0.3, 0.4) is 0 Å². The van der Waals surface area contributed by atoms with E-state index in [0.29, 0.717) is 12.2 Å². The highest BCUT2D eigenvalue weighted by atomic mass is 16.5. The van der Waals surface area contributed by atoms with Crippen molar-refractivity contribution in [2.45, 2.75) is 50.5 Å². The highest BCUT2D eigenvalue weighted by Crippen LogP contribution is 2.23. The molecule has 2 aliphatic rings. The molecule has 2 atom stereocenters. The number of hydrogen-bond donors (Lipinski definition) is 1. The van der Waals surface area contributed by atoms with E-state index in [0.717, 1.165) is 25.6 Å². The normalized spacial score (nSPS) is 29.8. The van der Waals surface area contributed by atoms with Crippen LogP contribution in [0, 0.1) is 0 Å². The van der Waals surface area contributed by atoms with Gasteiger partial charge in [0.2, 0.25) is 0 Å². The molecule has 0 spiro atoms. The minimum Gasteiger partial charge on any atom is -0.372 e. The maximum Gasteiger partial charge on any atom is 0.137 e. The summed E-state index contributed by atoms with van der Waals surface area (Å²) >= 11 is 0. The summed E-state index contributed by atoms with van der Waals surface area (Å²) in [5, 5.41) is 7.62. The lowest BCUT2D eigenvalue weighted by atomic mass is 10.2. The molecular weight excluding hydrogens is 204 g/mol. The molecule has 88 valence electrons. The molecule has 0 radical (unpaired) electrons. The van der Waals surface area contributed by atoms with Gasteiger partial charge in [-0.3, -0.25) is 4.68 Å². The minimum atomic E-state index is 0.313. The largest absolute Gasteiger partial charge is 0.372 e. The monoisotopic (exact) mass is 222 g/mol. The average molecular weight is 222 g/mol. The molecule has 5 heteroatoms. The summed E-state index contributed by atoms with van der Waals surface area (Å²) in [4.78, 5) is 3.94. The van der Waals surface area contributed by atoms with Gasteiger partial charge < -0.3 is 10.1 Å². The van der Waals surface area contributed by atoms with Crippen LogP contribution in [0.2, 0.25) is 0 Å². The van der Waals surface area contributed by atoms with Gasteiger partial charge in [0.15, 0.2) is 0 Å². The summed E-state index contributed by atoms with van der Waals surface area (Å²) in [7, 11) is 0. The highest BCUT2D eigenvalue weighted by Gasteiger charge is 2.28. The first-order chi connectivity index (χ1) is 7.90. The second-order valence-corrected chi connectivity index (χ2v) is 4.76. The van der Waals surface area contributed by atoms with Crippen LogP contribution in [0.5, 0.6) is 0 Å². The van der Waals surface area contributed by atoms with Crippen molar-refractivity contribution in [3.63, 3.8) is 0 Å². The maximum atomic E-state index is 5.96. The molecule has 0 bridgehead atoms. The van der Waals surface area contributed by atoms with Crippen LogP contribution in [-0.4, -0.2) is 39.6 Å². The van der Waals surface area contributed by atoms with Gasteiger partial charge in [-0.25, -0.2) is 4.98 Å². The molecule has 1 N–H and O–H groups in total. The summed E-state index contributed by atoms with van der Waals surface area (Å²) in [6, 6.07) is 0.776. The lowest BCUT2D eigenvalue weighted by Crippen LogP contribution is -2.29. The van der Waals surface area contributed by atoms with Gasteiger partial charge in [-0.15, -0.1) is 0 Å². The second-order valence-electron chi connectivity index (χ2n) is 4.76. The Morgan fingerprint density at radius 1 is 1.25 bits per heavy atom. The molecule has 0 aromatic carbocycles. The first-order valence-corrected chi connectivity index (χ1v) is 6.11. The fourth-order valence-electron chi connectivity index (χ4n) is 2.19. The van der Waals surface area contributed by atoms with Crippen molar-refractivity contribution in [2.24, 2.45) is 0 Å². The molecule has 2 unspecified atom stereocenters. The number of rotatable bonds is 5. The van der Waals surface area contributed by atoms with Crippen molar-refractivity contribution in [3.05, 3.63) is 12.7 Å². The zero-order chi connectivity index (χ0) is 10.8. The van der Waals surface area contributed by atoms with Crippen LogP contribution in [0.4, 0.5) is 0 Å². The Morgan fingerprint density at radius 3 is 2.88 bits per heavy atom. The van der Waals surface area contributed by atoms with E-state index < -0.39 is 0 Å². The van der Waals surface area contributed by atoms with E-state index in [1.54, 1.807) is 12.7 Å². The summed E-state index contributed by atoms with van der Waals surface area (Å²) in [5.74, 6) is 0. The Labute approximate surface area is 95.2 Å². The van der Waals surface area contributed by atoms with Crippen LogP contribution in [-0.2, 0) is 11.3 Å². The van der Waals surface area contributed by atoms with E-state index in [-0.39, 0.29) is 0 Å². The van der Waals surface area contributed by atoms with Gasteiger partial charge in [-0.1, -0.05) is 0 Å². The van der Waals surface area contributed by atoms with Crippen molar-refractivity contribution in [1.82, 2.24) is 20.1 Å². The first kappa shape index (κ1) is 10.2. The molecule has 1 aromatic heterocycles. The van der Waals surface area contributed by atoms with Gasteiger partial charge in [-0.05, 0) is 25.7 Å². The van der Waals surface area contributed by atoms with Crippen LogP contribution in [0.15, 0.2) is 12.7 Å². The molecule has 1 saturated carbocycles. The lowest BCUT2D eigenvalue weighted by molar-refractivity contribution is 0.0340. The minimum absolute atomic E-state index is 0.313. The number of hydrogen-bond acceptors (Lipinski definition) is 4. The smallest absolute Gasteiger partial charge is 0.137 e. The van der Waals surface area contributed by atoms with Gasteiger partial charge in [0.25, 0.3) is 0 Å². The fourth-order valence-corrected chi connectivity index (χ4v) is 2.19. The predicted molar refractivity (Wildman–Crippen MR) is 58.9 cm³/mol. The van der Waals surface area contributed by atoms with Crippen molar-refractivity contribution < 1.29 is 4.74 Å². The average Bonchev–Trinajstić information content (AvgIpc) is 2.78. The van der Waals surface area contributed by atoms with Crippen molar-refractivity contribution >= 4 is 0 Å². The SMILES string of the molecule is c1ncn(CC2CCC(CNC3CC3)O2)n1. The van der Waals surface area contributed by atoms with Crippen molar-refractivity contribution in [1.29, 1.82) is 0 Å². The van der Waals surface area contributed by atoms with E-state index >= 15 is 0 Å². The molecule has 1 saturated heterocycles. The van der Waals surface area contributed by atoms with E-state index in [1.807, 2.05) is 4.68 Å². The fraction of sp³-hybridized carbons (Fsp3) is 0.818. The van der Waals surface area contributed by atoms with Crippen LogP contribution < -0.4 is 5.32 Å². The van der Waals surface area contributed by atoms with Crippen LogP contribution in [0.1, 0.15) is 25.7 Å². The number of ether oxygens (including phenoxy) is 1. The lowest BCUT2D eigenvalue weighted by Gasteiger charge is -2.14. The predicted octanol–water partition coefficient (Wildman–Crippen LogP) is 0.578. The molecule has 3 rings (SSSR count). The zero-order valence-corrected chi connectivity index (χ0v) is 9.38. The molecule has 16 heavy (non-hydrogen) atoms. The number of nitrogens with one attached hydrogen (secondary N) is 1. The molecule has 0 amide bonds. The summed E-state index contributed by atoms with van der Waals surface area (Å²) in [5.41, 5.74) is 0. The quantitative estimate of drug-likeness (QED) is 0.791. The molecule has 1 aliphatic heterocycles. The standard InChI is InChI=1S/C11H18N4O/c1-2-9(1)13-5-10-3-4-11(16-10)6-15-8-12-7-14-15/h7-11,13H,1-6H2. The van der Waals surface area contributed by atoms with E-state index in [1.165, 1.54) is 19.3 Å². The van der Waals surface area contributed by atoms with E-state index in [9.17, 15) is 0 Å². The van der Waals surface area contributed by atoms with E-state index in [2.05, 4.69) is 15.4 Å². The zero-order valence-electron chi connectivity index (χ0n) is 9.38. The third-order valence-electron chi connectivity index (χ3n) is 3.26. The maximum absolute atomic E-state index is 5.96. The van der Waals surface area contributed by atoms with Gasteiger partial charge in [0, 0.05) is 12.6 Å². The molecule has 2 heterocycles. The van der Waals surface area contributed by atoms with E-state index in [4.69, 9.17) is 4.74 Å². The molecule has 2 fully saturated rings. The Morgan fingerprint density at radius 2 is 2.12 bits per heavy atom. The Hall–Kier alpha value is -0.940. The second kappa shape index (κ2) is 4.51. The van der Waals surface area contributed by atoms with Crippen molar-refractivity contribution in [3.8, 4) is 0 Å². The van der Waals surface area contributed by atoms with Gasteiger partial charge in [-0.2, -0.15) is 5.10 Å². The van der Waals surface area contributed by atoms with Crippen LogP contribution >= 0.6 is 0 Å². The third kappa shape index (κ3) is 2.59. The molecule has 5 nitrogen and oxygen atoms in total. The molecule has 1 aliphatic carbocycles. The van der Waals surface area contributed by atoms with Gasteiger partial charge in [0.05, 0.1) is 18.8 Å². The Kier molecular flexibility index (Phi) is 2.88. The van der Waals surface area contributed by atoms with Crippen molar-refractivity contribution in [2.75, 3.05) is 6.54 Å². The number of aromatic nitrogens is 3. The molecule has 1 aromatic rings. The Balaban J connectivity index is 1.41. The molecular formula is C11H18N4O. The highest BCUT2D eigenvalue weighted by molar-refractivity contribution is 4.84. The topological polar surface area (TPSA) is 52.0 Å².